The second-order valence-electron chi connectivity index (χ2n) is 4.64. The lowest BCUT2D eigenvalue weighted by Crippen LogP contribution is -2.29. The number of methoxy groups -OCH3 is 1. The Hall–Kier alpha value is -0.590. The molecule has 1 aliphatic rings. The molecule has 2 heterocycles. The zero-order chi connectivity index (χ0) is 12.8. The smallest absolute Gasteiger partial charge is 0.190 e. The molecule has 5 nitrogen and oxygen atoms in total. The van der Waals surface area contributed by atoms with Gasteiger partial charge in [-0.25, -0.2) is 0 Å². The van der Waals surface area contributed by atoms with E-state index in [1.807, 2.05) is 0 Å². The van der Waals surface area contributed by atoms with Crippen LogP contribution in [0, 0.1) is 0 Å². The number of nitrogens with one attached hydrogen (secondary N) is 1. The molecule has 0 amide bonds. The zero-order valence-electron chi connectivity index (χ0n) is 11.2. The first kappa shape index (κ1) is 13.8. The Bertz CT molecular complexity index is 363. The monoisotopic (exact) mass is 270 g/mol. The van der Waals surface area contributed by atoms with Crippen LogP contribution in [-0.2, 0) is 11.8 Å². The predicted molar refractivity (Wildman–Crippen MR) is 73.1 cm³/mol. The van der Waals surface area contributed by atoms with Gasteiger partial charge in [-0.05, 0) is 25.8 Å². The molecule has 0 unspecified atom stereocenters. The summed E-state index contributed by atoms with van der Waals surface area (Å²) in [7, 11) is 3.81. The number of rotatable bonds is 6. The Labute approximate surface area is 113 Å². The van der Waals surface area contributed by atoms with Crippen molar-refractivity contribution in [2.24, 2.45) is 7.05 Å². The standard InChI is InChI=1S/C12H22N4OS/c1-16-11(10-5-3-6-13-9-10)14-15-12(16)18-8-4-7-17-2/h10,13H,3-9H2,1-2H3/t10-/m1/s1. The molecule has 0 bridgehead atoms. The van der Waals surface area contributed by atoms with Crippen LogP contribution in [0.2, 0.25) is 0 Å². The van der Waals surface area contributed by atoms with Crippen molar-refractivity contribution in [1.82, 2.24) is 20.1 Å². The fourth-order valence-electron chi connectivity index (χ4n) is 2.25. The van der Waals surface area contributed by atoms with E-state index in [-0.39, 0.29) is 0 Å². The minimum atomic E-state index is 0.518. The van der Waals surface area contributed by atoms with Crippen LogP contribution in [0.1, 0.15) is 31.0 Å². The van der Waals surface area contributed by atoms with E-state index in [9.17, 15) is 0 Å². The number of thioether (sulfide) groups is 1. The normalized spacial score (nSPS) is 20.2. The van der Waals surface area contributed by atoms with E-state index in [1.54, 1.807) is 18.9 Å². The highest BCUT2D eigenvalue weighted by molar-refractivity contribution is 7.99. The highest BCUT2D eigenvalue weighted by Gasteiger charge is 2.21. The third-order valence-corrected chi connectivity index (χ3v) is 4.36. The molecule has 0 radical (unpaired) electrons. The second-order valence-corrected chi connectivity index (χ2v) is 5.70. The summed E-state index contributed by atoms with van der Waals surface area (Å²) in [4.78, 5) is 0. The minimum absolute atomic E-state index is 0.518. The van der Waals surface area contributed by atoms with Crippen LogP contribution in [0.15, 0.2) is 5.16 Å². The van der Waals surface area contributed by atoms with Crippen LogP contribution < -0.4 is 5.32 Å². The SMILES string of the molecule is COCCCSc1nnc([C@@H]2CCCNC2)n1C. The van der Waals surface area contributed by atoms with Gasteiger partial charge in [-0.2, -0.15) is 0 Å². The molecule has 102 valence electrons. The van der Waals surface area contributed by atoms with Gasteiger partial charge in [-0.3, -0.25) is 0 Å². The molecule has 6 heteroatoms. The molecule has 1 N–H and O–H groups in total. The van der Waals surface area contributed by atoms with Gasteiger partial charge in [0.1, 0.15) is 5.82 Å². The van der Waals surface area contributed by atoms with Crippen LogP contribution in [0.25, 0.3) is 0 Å². The fourth-order valence-corrected chi connectivity index (χ4v) is 3.08. The van der Waals surface area contributed by atoms with E-state index in [0.717, 1.165) is 42.9 Å². The maximum absolute atomic E-state index is 5.05. The van der Waals surface area contributed by atoms with Crippen molar-refractivity contribution in [3.63, 3.8) is 0 Å². The first-order valence-electron chi connectivity index (χ1n) is 6.54. The van der Waals surface area contributed by atoms with E-state index in [0.29, 0.717) is 5.92 Å². The van der Waals surface area contributed by atoms with Gasteiger partial charge in [0.2, 0.25) is 0 Å². The molecular formula is C12H22N4OS. The van der Waals surface area contributed by atoms with Gasteiger partial charge in [0.15, 0.2) is 5.16 Å². The van der Waals surface area contributed by atoms with Crippen molar-refractivity contribution in [2.45, 2.75) is 30.3 Å². The number of hydrogen-bond donors (Lipinski definition) is 1. The highest BCUT2D eigenvalue weighted by Crippen LogP contribution is 2.24. The molecule has 0 spiro atoms. The maximum atomic E-state index is 5.05. The Kier molecular flexibility index (Phi) is 5.46. The largest absolute Gasteiger partial charge is 0.385 e. The Morgan fingerprint density at radius 3 is 3.11 bits per heavy atom. The second kappa shape index (κ2) is 7.11. The lowest BCUT2D eigenvalue weighted by Gasteiger charge is -2.21. The number of piperidine rings is 1. The first-order chi connectivity index (χ1) is 8.83. The fraction of sp³-hybridized carbons (Fsp3) is 0.833. The van der Waals surface area contributed by atoms with Crippen molar-refractivity contribution in [3.8, 4) is 0 Å². The maximum Gasteiger partial charge on any atom is 0.190 e. The van der Waals surface area contributed by atoms with E-state index in [4.69, 9.17) is 4.74 Å². The summed E-state index contributed by atoms with van der Waals surface area (Å²) < 4.78 is 7.19. The van der Waals surface area contributed by atoms with Crippen LogP contribution >= 0.6 is 11.8 Å². The summed E-state index contributed by atoms with van der Waals surface area (Å²) in [6, 6.07) is 0. The Morgan fingerprint density at radius 1 is 1.50 bits per heavy atom. The highest BCUT2D eigenvalue weighted by atomic mass is 32.2. The Balaban J connectivity index is 1.90. The van der Waals surface area contributed by atoms with Gasteiger partial charge in [-0.15, -0.1) is 10.2 Å². The topological polar surface area (TPSA) is 52.0 Å². The molecule has 1 fully saturated rings. The summed E-state index contributed by atoms with van der Waals surface area (Å²) in [5, 5.41) is 13.1. The van der Waals surface area contributed by atoms with Gasteiger partial charge in [0, 0.05) is 39.0 Å². The van der Waals surface area contributed by atoms with Crippen LogP contribution in [0.4, 0.5) is 0 Å². The van der Waals surface area contributed by atoms with Gasteiger partial charge < -0.3 is 14.6 Å². The molecule has 1 aliphatic heterocycles. The van der Waals surface area contributed by atoms with Gasteiger partial charge in [0.05, 0.1) is 0 Å². The zero-order valence-corrected chi connectivity index (χ0v) is 12.0. The molecule has 0 aliphatic carbocycles. The molecule has 18 heavy (non-hydrogen) atoms. The predicted octanol–water partition coefficient (Wildman–Crippen LogP) is 1.41. The Morgan fingerprint density at radius 2 is 2.39 bits per heavy atom. The quantitative estimate of drug-likeness (QED) is 0.626. The van der Waals surface area contributed by atoms with E-state index >= 15 is 0 Å². The van der Waals surface area contributed by atoms with Gasteiger partial charge in [0.25, 0.3) is 0 Å². The van der Waals surface area contributed by atoms with Crippen molar-refractivity contribution in [1.29, 1.82) is 0 Å². The molecular weight excluding hydrogens is 248 g/mol. The van der Waals surface area contributed by atoms with Crippen LogP contribution in [0.5, 0.6) is 0 Å². The molecule has 1 aromatic heterocycles. The van der Waals surface area contributed by atoms with Crippen LogP contribution in [-0.4, -0.2) is 47.3 Å². The molecule has 2 rings (SSSR count). The average molecular weight is 270 g/mol. The average Bonchev–Trinajstić information content (AvgIpc) is 2.77. The molecule has 1 saturated heterocycles. The third-order valence-electron chi connectivity index (χ3n) is 3.25. The summed E-state index contributed by atoms with van der Waals surface area (Å²) in [6.45, 7) is 2.97. The van der Waals surface area contributed by atoms with Gasteiger partial charge in [-0.1, -0.05) is 11.8 Å². The van der Waals surface area contributed by atoms with Crippen LogP contribution in [0.3, 0.4) is 0 Å². The minimum Gasteiger partial charge on any atom is -0.385 e. The van der Waals surface area contributed by atoms with E-state index < -0.39 is 0 Å². The van der Waals surface area contributed by atoms with Crippen molar-refractivity contribution in [2.75, 3.05) is 32.6 Å². The van der Waals surface area contributed by atoms with Crippen molar-refractivity contribution in [3.05, 3.63) is 5.82 Å². The lowest BCUT2D eigenvalue weighted by atomic mass is 9.99. The summed E-state index contributed by atoms with van der Waals surface area (Å²) in [5.74, 6) is 2.67. The summed E-state index contributed by atoms with van der Waals surface area (Å²) >= 11 is 1.76. The number of ether oxygens (including phenoxy) is 1. The number of hydrogen-bond acceptors (Lipinski definition) is 5. The van der Waals surface area contributed by atoms with Gasteiger partial charge >= 0.3 is 0 Å². The van der Waals surface area contributed by atoms with E-state index in [1.165, 1.54) is 12.8 Å². The molecule has 1 aromatic rings. The summed E-state index contributed by atoms with van der Waals surface area (Å²) in [5.41, 5.74) is 0. The first-order valence-corrected chi connectivity index (χ1v) is 7.53. The molecule has 0 saturated carbocycles. The lowest BCUT2D eigenvalue weighted by molar-refractivity contribution is 0.200. The van der Waals surface area contributed by atoms with Crippen molar-refractivity contribution >= 4 is 11.8 Å². The van der Waals surface area contributed by atoms with E-state index in [2.05, 4.69) is 27.1 Å². The molecule has 0 aromatic carbocycles. The third kappa shape index (κ3) is 3.46. The number of aromatic nitrogens is 3. The number of nitrogens with zero attached hydrogens (tertiary/aromatic N) is 3. The summed E-state index contributed by atoms with van der Waals surface area (Å²) in [6.07, 6.45) is 3.50. The van der Waals surface area contributed by atoms with Crippen molar-refractivity contribution < 1.29 is 4.74 Å². The molecule has 1 atom stereocenters.